The van der Waals surface area contributed by atoms with E-state index in [2.05, 4.69) is 57.7 Å². The highest BCUT2D eigenvalue weighted by atomic mass is 32.1. The van der Waals surface area contributed by atoms with Crippen molar-refractivity contribution in [3.8, 4) is 28.3 Å². The number of benzene rings is 3. The fraction of sp³-hybridized carbons (Fsp3) is 0.200. The molecule has 0 amide bonds. The van der Waals surface area contributed by atoms with E-state index in [0.717, 1.165) is 71.1 Å². The van der Waals surface area contributed by atoms with Gasteiger partial charge in [-0.2, -0.15) is 0 Å². The van der Waals surface area contributed by atoms with Gasteiger partial charge < -0.3 is 14.6 Å². The summed E-state index contributed by atoms with van der Waals surface area (Å²) in [5, 5.41) is 8.67. The zero-order valence-electron chi connectivity index (χ0n) is 20.5. The van der Waals surface area contributed by atoms with Gasteiger partial charge in [0.2, 0.25) is 0 Å². The highest BCUT2D eigenvalue weighted by Crippen LogP contribution is 2.39. The van der Waals surface area contributed by atoms with Crippen LogP contribution in [0.5, 0.6) is 5.75 Å². The molecule has 3 heterocycles. The number of rotatable bonds is 5. The quantitative estimate of drug-likeness (QED) is 0.271. The minimum absolute atomic E-state index is 0.661. The van der Waals surface area contributed by atoms with E-state index in [-0.39, 0.29) is 0 Å². The van der Waals surface area contributed by atoms with E-state index >= 15 is 0 Å². The van der Waals surface area contributed by atoms with Crippen LogP contribution in [-0.2, 0) is 13.0 Å². The fourth-order valence-corrected chi connectivity index (χ4v) is 5.45. The van der Waals surface area contributed by atoms with E-state index in [1.807, 2.05) is 42.5 Å². The maximum Gasteiger partial charge on any atom is 0.162 e. The Morgan fingerprint density at radius 1 is 0.917 bits per heavy atom. The van der Waals surface area contributed by atoms with Gasteiger partial charge >= 0.3 is 0 Å². The molecule has 0 fully saturated rings. The topological polar surface area (TPSA) is 43.5 Å². The van der Waals surface area contributed by atoms with E-state index in [1.54, 1.807) is 7.11 Å². The Balaban J connectivity index is 1.60. The Hall–Kier alpha value is -3.90. The van der Waals surface area contributed by atoms with E-state index in [0.29, 0.717) is 4.99 Å². The molecule has 0 atom stereocenters. The molecular formula is C30H28N4OS. The van der Waals surface area contributed by atoms with Gasteiger partial charge in [-0.3, -0.25) is 0 Å². The number of hydrogen-bond donors (Lipinski definition) is 1. The smallest absolute Gasteiger partial charge is 0.162 e. The molecule has 6 heteroatoms. The van der Waals surface area contributed by atoms with Crippen molar-refractivity contribution in [3.05, 3.63) is 95.7 Å². The van der Waals surface area contributed by atoms with Crippen molar-refractivity contribution in [1.82, 2.24) is 14.2 Å². The van der Waals surface area contributed by atoms with Crippen molar-refractivity contribution in [3.63, 3.8) is 0 Å². The maximum absolute atomic E-state index is 6.06. The van der Waals surface area contributed by atoms with Crippen LogP contribution in [-0.4, -0.2) is 26.3 Å². The Labute approximate surface area is 216 Å². The van der Waals surface area contributed by atoms with Gasteiger partial charge in [0.25, 0.3) is 0 Å². The molecule has 0 unspecified atom stereocenters. The third-order valence-electron chi connectivity index (χ3n) is 6.92. The number of ether oxygens (including phenoxy) is 1. The molecule has 1 N–H and O–H groups in total. The van der Waals surface area contributed by atoms with Gasteiger partial charge in [-0.15, -0.1) is 5.10 Å². The lowest BCUT2D eigenvalue weighted by Crippen LogP contribution is -2.14. The summed E-state index contributed by atoms with van der Waals surface area (Å²) < 4.78 is 9.89. The number of aromatic nitrogens is 3. The van der Waals surface area contributed by atoms with E-state index in [4.69, 9.17) is 22.1 Å². The molecule has 0 radical (unpaired) electrons. The standard InChI is InChI=1S/C30H28N4OS/c1-20-11-13-22(14-12-20)28-32-34-27(29(36)31-23-8-4-3-5-9-23)26(21-15-17-24(35-2)18-16-21)25-10-6-7-19-33(28)30(25)34/h3-5,8-9,11-18H,6-7,10,19H2,1-2H3,(H,31,36). The lowest BCUT2D eigenvalue weighted by Gasteiger charge is -2.12. The number of hydrogen-bond acceptors (Lipinski definition) is 3. The lowest BCUT2D eigenvalue weighted by molar-refractivity contribution is 0.415. The molecule has 0 saturated heterocycles. The van der Waals surface area contributed by atoms with Gasteiger partial charge in [0.15, 0.2) is 5.82 Å². The molecule has 180 valence electrons. The Morgan fingerprint density at radius 3 is 2.36 bits per heavy atom. The van der Waals surface area contributed by atoms with Crippen molar-refractivity contribution in [2.24, 2.45) is 0 Å². The molecular weight excluding hydrogens is 464 g/mol. The van der Waals surface area contributed by atoms with Crippen LogP contribution < -0.4 is 10.1 Å². The third-order valence-corrected chi connectivity index (χ3v) is 7.22. The first-order valence-electron chi connectivity index (χ1n) is 12.4. The molecule has 0 bridgehead atoms. The average molecular weight is 493 g/mol. The predicted octanol–water partition coefficient (Wildman–Crippen LogP) is 6.91. The second-order valence-electron chi connectivity index (χ2n) is 9.28. The molecule has 36 heavy (non-hydrogen) atoms. The summed E-state index contributed by atoms with van der Waals surface area (Å²) in [5.74, 6) is 1.82. The normalized spacial score (nSPS) is 12.9. The van der Waals surface area contributed by atoms with Crippen molar-refractivity contribution in [1.29, 1.82) is 0 Å². The molecule has 0 saturated carbocycles. The SMILES string of the molecule is COc1ccc(-c2c3c4n(c(-c5ccc(C)cc5)nn4c2C(=S)Nc2ccccc2)CCCC3)cc1. The summed E-state index contributed by atoms with van der Waals surface area (Å²) >= 11 is 6.06. The van der Waals surface area contributed by atoms with Crippen LogP contribution in [0.4, 0.5) is 5.69 Å². The molecule has 1 aliphatic heterocycles. The summed E-state index contributed by atoms with van der Waals surface area (Å²) in [6, 6.07) is 27.0. The second-order valence-corrected chi connectivity index (χ2v) is 9.69. The zero-order valence-corrected chi connectivity index (χ0v) is 21.3. The zero-order chi connectivity index (χ0) is 24.6. The van der Waals surface area contributed by atoms with Crippen LogP contribution in [0.2, 0.25) is 0 Å². The maximum atomic E-state index is 6.06. The first-order valence-corrected chi connectivity index (χ1v) is 12.8. The van der Waals surface area contributed by atoms with Crippen molar-refractivity contribution < 1.29 is 4.74 Å². The van der Waals surface area contributed by atoms with Gasteiger partial charge in [-0.25, -0.2) is 4.52 Å². The van der Waals surface area contributed by atoms with Crippen LogP contribution in [0, 0.1) is 6.92 Å². The van der Waals surface area contributed by atoms with Crippen molar-refractivity contribution in [2.75, 3.05) is 12.4 Å². The van der Waals surface area contributed by atoms with E-state index in [9.17, 15) is 0 Å². The summed E-state index contributed by atoms with van der Waals surface area (Å²) in [6.45, 7) is 3.05. The number of methoxy groups -OCH3 is 1. The minimum atomic E-state index is 0.661. The van der Waals surface area contributed by atoms with Gasteiger partial charge in [0.1, 0.15) is 22.1 Å². The minimum Gasteiger partial charge on any atom is -0.497 e. The molecule has 3 aromatic carbocycles. The molecule has 0 aliphatic carbocycles. The molecule has 6 rings (SSSR count). The molecule has 5 nitrogen and oxygen atoms in total. The third kappa shape index (κ3) is 3.88. The average Bonchev–Trinajstić information content (AvgIpc) is 3.32. The number of thiocarbonyl (C=S) groups is 1. The Kier molecular flexibility index (Phi) is 5.82. The molecule has 0 spiro atoms. The van der Waals surface area contributed by atoms with Crippen LogP contribution in [0.1, 0.15) is 29.7 Å². The first kappa shape index (κ1) is 22.6. The Morgan fingerprint density at radius 2 is 1.64 bits per heavy atom. The lowest BCUT2D eigenvalue weighted by atomic mass is 9.98. The highest BCUT2D eigenvalue weighted by molar-refractivity contribution is 7.81. The van der Waals surface area contributed by atoms with E-state index in [1.165, 1.54) is 11.1 Å². The number of anilines is 1. The summed E-state index contributed by atoms with van der Waals surface area (Å²) in [4.78, 5) is 0.661. The van der Waals surface area contributed by atoms with Gasteiger partial charge in [0, 0.05) is 28.9 Å². The highest BCUT2D eigenvalue weighted by Gasteiger charge is 2.29. The van der Waals surface area contributed by atoms with Crippen LogP contribution >= 0.6 is 12.2 Å². The molecule has 5 aromatic rings. The summed E-state index contributed by atoms with van der Waals surface area (Å²) in [6.07, 6.45) is 3.22. The van der Waals surface area contributed by atoms with Crippen molar-refractivity contribution in [2.45, 2.75) is 32.7 Å². The van der Waals surface area contributed by atoms with Gasteiger partial charge in [-0.05, 0) is 56.0 Å². The number of aryl methyl sites for hydroxylation is 3. The number of nitrogens with one attached hydrogen (secondary N) is 1. The summed E-state index contributed by atoms with van der Waals surface area (Å²) in [5.41, 5.74) is 8.97. The summed E-state index contributed by atoms with van der Waals surface area (Å²) in [7, 11) is 1.69. The van der Waals surface area contributed by atoms with Gasteiger partial charge in [-0.1, -0.05) is 72.4 Å². The predicted molar refractivity (Wildman–Crippen MR) is 150 cm³/mol. The Bertz CT molecular complexity index is 1550. The van der Waals surface area contributed by atoms with Crippen LogP contribution in [0.25, 0.3) is 28.2 Å². The molecule has 2 aromatic heterocycles. The first-order chi connectivity index (χ1) is 17.6. The van der Waals surface area contributed by atoms with Gasteiger partial charge in [0.05, 0.1) is 7.11 Å². The molecule has 1 aliphatic rings. The second kappa shape index (κ2) is 9.28. The fourth-order valence-electron chi connectivity index (χ4n) is 5.14. The number of nitrogens with zero attached hydrogens (tertiary/aromatic N) is 3. The van der Waals surface area contributed by atoms with Crippen LogP contribution in [0.15, 0.2) is 78.9 Å². The van der Waals surface area contributed by atoms with E-state index < -0.39 is 0 Å². The monoisotopic (exact) mass is 492 g/mol. The van der Waals surface area contributed by atoms with Crippen molar-refractivity contribution >= 4 is 28.5 Å². The van der Waals surface area contributed by atoms with Crippen LogP contribution in [0.3, 0.4) is 0 Å². The number of para-hydroxylation sites is 1. The largest absolute Gasteiger partial charge is 0.497 e.